The molecule has 3 N–H and O–H groups in total. The Labute approximate surface area is 129 Å². The molecule has 0 aromatic carbocycles. The van der Waals surface area contributed by atoms with Crippen LogP contribution in [0.5, 0.6) is 0 Å². The van der Waals surface area contributed by atoms with Crippen LogP contribution in [-0.2, 0) is 4.74 Å². The molecule has 1 fully saturated rings. The predicted octanol–water partition coefficient (Wildman–Crippen LogP) is 2.20. The second-order valence-corrected chi connectivity index (χ2v) is 7.64. The van der Waals surface area contributed by atoms with E-state index in [1.807, 2.05) is 27.7 Å². The Bertz CT molecular complexity index is 331. The van der Waals surface area contributed by atoms with Crippen molar-refractivity contribution in [1.82, 2.24) is 10.2 Å². The number of nitrogens with one attached hydrogen (secondary N) is 1. The van der Waals surface area contributed by atoms with Crippen LogP contribution in [0.3, 0.4) is 0 Å². The number of likely N-dealkylation sites (tertiary alicyclic amines) is 1. The molecule has 4 unspecified atom stereocenters. The molecule has 4 atom stereocenters. The van der Waals surface area contributed by atoms with Crippen LogP contribution in [0, 0.1) is 11.8 Å². The van der Waals surface area contributed by atoms with Crippen molar-refractivity contribution in [2.75, 3.05) is 19.6 Å². The molecule has 0 bridgehead atoms. The maximum Gasteiger partial charge on any atom is 0.407 e. The minimum Gasteiger partial charge on any atom is -0.444 e. The highest BCUT2D eigenvalue weighted by Crippen LogP contribution is 2.23. The first-order valence-corrected chi connectivity index (χ1v) is 8.06. The topological polar surface area (TPSA) is 67.6 Å². The lowest BCUT2D eigenvalue weighted by molar-refractivity contribution is 0.0421. The summed E-state index contributed by atoms with van der Waals surface area (Å²) in [5.74, 6) is 1.35. The van der Waals surface area contributed by atoms with Crippen LogP contribution in [0.2, 0.25) is 0 Å². The highest BCUT2D eigenvalue weighted by molar-refractivity contribution is 5.68. The summed E-state index contributed by atoms with van der Waals surface area (Å²) in [4.78, 5) is 14.3. The number of rotatable bonds is 4. The molecular formula is C16H33N3O2. The Hall–Kier alpha value is -0.810. The average molecular weight is 299 g/mol. The summed E-state index contributed by atoms with van der Waals surface area (Å²) in [7, 11) is 0. The fourth-order valence-electron chi connectivity index (χ4n) is 3.24. The van der Waals surface area contributed by atoms with Crippen molar-refractivity contribution in [3.63, 3.8) is 0 Å². The molecule has 1 saturated heterocycles. The van der Waals surface area contributed by atoms with Crippen LogP contribution < -0.4 is 11.1 Å². The smallest absolute Gasteiger partial charge is 0.407 e. The number of alkyl carbamates (subject to hydrolysis) is 1. The summed E-state index contributed by atoms with van der Waals surface area (Å²) in [5, 5.41) is 2.93. The number of nitrogens with two attached hydrogens (primary N) is 1. The van der Waals surface area contributed by atoms with Crippen LogP contribution in [0.15, 0.2) is 0 Å². The predicted molar refractivity (Wildman–Crippen MR) is 86.2 cm³/mol. The zero-order chi connectivity index (χ0) is 16.2. The van der Waals surface area contributed by atoms with Crippen LogP contribution >= 0.6 is 0 Å². The van der Waals surface area contributed by atoms with Crippen molar-refractivity contribution in [2.24, 2.45) is 17.6 Å². The first-order chi connectivity index (χ1) is 9.62. The Kier molecular flexibility index (Phi) is 6.47. The minimum absolute atomic E-state index is 0.0256. The zero-order valence-electron chi connectivity index (χ0n) is 14.5. The third kappa shape index (κ3) is 6.22. The summed E-state index contributed by atoms with van der Waals surface area (Å²) in [5.41, 5.74) is 5.49. The molecule has 1 rings (SSSR count). The van der Waals surface area contributed by atoms with E-state index in [0.717, 1.165) is 13.1 Å². The zero-order valence-corrected chi connectivity index (χ0v) is 14.5. The maximum absolute atomic E-state index is 11.9. The molecule has 1 aliphatic heterocycles. The van der Waals surface area contributed by atoms with E-state index < -0.39 is 5.60 Å². The number of carbonyl (C=O) groups excluding carboxylic acids is 1. The third-order valence-electron chi connectivity index (χ3n) is 3.93. The molecule has 5 nitrogen and oxygen atoms in total. The minimum atomic E-state index is -0.476. The van der Waals surface area contributed by atoms with Gasteiger partial charge in [0, 0.05) is 31.7 Å². The van der Waals surface area contributed by atoms with E-state index in [1.165, 1.54) is 6.42 Å². The molecule has 0 aromatic heterocycles. The maximum atomic E-state index is 11.9. The fourth-order valence-corrected chi connectivity index (χ4v) is 3.24. The summed E-state index contributed by atoms with van der Waals surface area (Å²) in [6, 6.07) is 0.130. The highest BCUT2D eigenvalue weighted by atomic mass is 16.6. The number of piperidine rings is 1. The van der Waals surface area contributed by atoms with Crippen molar-refractivity contribution < 1.29 is 9.53 Å². The molecule has 0 spiro atoms. The highest BCUT2D eigenvalue weighted by Gasteiger charge is 2.31. The Balaban J connectivity index is 2.60. The normalized spacial score (nSPS) is 27.0. The van der Waals surface area contributed by atoms with Gasteiger partial charge in [0.2, 0.25) is 0 Å². The van der Waals surface area contributed by atoms with E-state index in [9.17, 15) is 4.79 Å². The summed E-state index contributed by atoms with van der Waals surface area (Å²) < 4.78 is 5.32. The van der Waals surface area contributed by atoms with Gasteiger partial charge in [-0.3, -0.25) is 4.90 Å². The van der Waals surface area contributed by atoms with Gasteiger partial charge in [-0.15, -0.1) is 0 Å². The van der Waals surface area contributed by atoms with Crippen LogP contribution in [-0.4, -0.2) is 48.3 Å². The molecular weight excluding hydrogens is 266 g/mol. The molecule has 0 radical (unpaired) electrons. The Morgan fingerprint density at radius 2 is 1.86 bits per heavy atom. The van der Waals surface area contributed by atoms with E-state index in [2.05, 4.69) is 24.1 Å². The van der Waals surface area contributed by atoms with Gasteiger partial charge in [0.15, 0.2) is 0 Å². The van der Waals surface area contributed by atoms with Crippen molar-refractivity contribution in [1.29, 1.82) is 0 Å². The molecule has 1 amide bonds. The molecule has 1 heterocycles. The van der Waals surface area contributed by atoms with Gasteiger partial charge in [0.05, 0.1) is 0 Å². The monoisotopic (exact) mass is 299 g/mol. The van der Waals surface area contributed by atoms with Gasteiger partial charge < -0.3 is 15.8 Å². The van der Waals surface area contributed by atoms with Crippen molar-refractivity contribution in [3.8, 4) is 0 Å². The van der Waals surface area contributed by atoms with Crippen LogP contribution in [0.1, 0.15) is 48.0 Å². The second kappa shape index (κ2) is 7.45. The van der Waals surface area contributed by atoms with Gasteiger partial charge >= 0.3 is 6.09 Å². The second-order valence-electron chi connectivity index (χ2n) is 7.64. The Morgan fingerprint density at radius 1 is 1.33 bits per heavy atom. The summed E-state index contributed by atoms with van der Waals surface area (Å²) in [6.45, 7) is 14.8. The van der Waals surface area contributed by atoms with E-state index >= 15 is 0 Å². The van der Waals surface area contributed by atoms with Crippen molar-refractivity contribution >= 4 is 6.09 Å². The van der Waals surface area contributed by atoms with Gasteiger partial charge in [-0.1, -0.05) is 13.8 Å². The quantitative estimate of drug-likeness (QED) is 0.835. The third-order valence-corrected chi connectivity index (χ3v) is 3.93. The van der Waals surface area contributed by atoms with Gasteiger partial charge in [-0.05, 0) is 46.0 Å². The first kappa shape index (κ1) is 18.2. The number of nitrogens with zero attached hydrogens (tertiary/aromatic N) is 1. The number of carbonyl (C=O) groups is 1. The van der Waals surface area contributed by atoms with Crippen molar-refractivity contribution in [3.05, 3.63) is 0 Å². The van der Waals surface area contributed by atoms with Crippen LogP contribution in [0.4, 0.5) is 4.79 Å². The van der Waals surface area contributed by atoms with Gasteiger partial charge in [-0.25, -0.2) is 4.79 Å². The summed E-state index contributed by atoms with van der Waals surface area (Å²) in [6.07, 6.45) is 0.897. The van der Waals surface area contributed by atoms with E-state index in [1.54, 1.807) is 0 Å². The number of hydrogen-bond donors (Lipinski definition) is 2. The lowest BCUT2D eigenvalue weighted by atomic mass is 9.90. The molecule has 1 aliphatic rings. The lowest BCUT2D eigenvalue weighted by Gasteiger charge is -2.42. The number of hydrogen-bond acceptors (Lipinski definition) is 4. The standard InChI is InChI=1S/C16H33N3O2/c1-11-7-12(2)10-19(9-11)14(8-17)13(3)18-15(20)21-16(4,5)6/h11-14H,7-10,17H2,1-6H3,(H,18,20). The summed E-state index contributed by atoms with van der Waals surface area (Å²) >= 11 is 0. The molecule has 5 heteroatoms. The lowest BCUT2D eigenvalue weighted by Crippen LogP contribution is -2.57. The molecule has 0 aromatic rings. The fraction of sp³-hybridized carbons (Fsp3) is 0.938. The molecule has 124 valence electrons. The SMILES string of the molecule is CC1CC(C)CN(C(CN)C(C)NC(=O)OC(C)(C)C)C1. The largest absolute Gasteiger partial charge is 0.444 e. The molecule has 0 saturated carbocycles. The van der Waals surface area contributed by atoms with Gasteiger partial charge in [0.25, 0.3) is 0 Å². The Morgan fingerprint density at radius 3 is 2.29 bits per heavy atom. The van der Waals surface area contributed by atoms with Crippen molar-refractivity contribution in [2.45, 2.75) is 65.6 Å². The van der Waals surface area contributed by atoms with Gasteiger partial charge in [-0.2, -0.15) is 0 Å². The average Bonchev–Trinajstić information content (AvgIpc) is 2.25. The van der Waals surface area contributed by atoms with E-state index in [-0.39, 0.29) is 18.2 Å². The molecule has 0 aliphatic carbocycles. The van der Waals surface area contributed by atoms with Crippen LogP contribution in [0.25, 0.3) is 0 Å². The van der Waals surface area contributed by atoms with E-state index in [4.69, 9.17) is 10.5 Å². The van der Waals surface area contributed by atoms with E-state index in [0.29, 0.717) is 18.4 Å². The first-order valence-electron chi connectivity index (χ1n) is 8.06. The number of ether oxygens (including phenoxy) is 1. The molecule has 21 heavy (non-hydrogen) atoms. The number of amides is 1. The van der Waals surface area contributed by atoms with Gasteiger partial charge in [0.1, 0.15) is 5.60 Å².